The van der Waals surface area contributed by atoms with Crippen LogP contribution in [-0.2, 0) is 11.3 Å². The van der Waals surface area contributed by atoms with Gasteiger partial charge in [-0.25, -0.2) is 0 Å². The molecule has 0 amide bonds. The van der Waals surface area contributed by atoms with E-state index in [4.69, 9.17) is 9.63 Å². The highest BCUT2D eigenvalue weighted by Gasteiger charge is 2.33. The van der Waals surface area contributed by atoms with Crippen LogP contribution in [0, 0.1) is 5.92 Å². The number of hydrogen-bond donors (Lipinski definition) is 2. The summed E-state index contributed by atoms with van der Waals surface area (Å²) >= 11 is 0. The smallest absolute Gasteiger partial charge is 0.310 e. The van der Waals surface area contributed by atoms with Crippen LogP contribution in [0.1, 0.15) is 12.2 Å². The predicted octanol–water partition coefficient (Wildman–Crippen LogP) is 1.00. The lowest BCUT2D eigenvalue weighted by Crippen LogP contribution is -2.46. The number of nitrogens with zero attached hydrogens (tertiary/aromatic N) is 3. The van der Waals surface area contributed by atoms with Crippen LogP contribution in [-0.4, -0.2) is 50.4 Å². The first-order valence-corrected chi connectivity index (χ1v) is 7.13. The molecule has 1 aliphatic heterocycles. The summed E-state index contributed by atoms with van der Waals surface area (Å²) < 4.78 is 5.30. The van der Waals surface area contributed by atoms with E-state index in [0.29, 0.717) is 37.5 Å². The Hall–Kier alpha value is -2.25. The van der Waals surface area contributed by atoms with Crippen molar-refractivity contribution in [1.29, 1.82) is 0 Å². The van der Waals surface area contributed by atoms with Crippen molar-refractivity contribution in [3.8, 4) is 11.4 Å². The maximum atomic E-state index is 11.1. The third kappa shape index (κ3) is 3.15. The van der Waals surface area contributed by atoms with Crippen LogP contribution >= 0.6 is 0 Å². The second-order valence-corrected chi connectivity index (χ2v) is 5.43. The molecule has 2 aromatic heterocycles. The summed E-state index contributed by atoms with van der Waals surface area (Å²) in [5.41, 5.74) is 1.39. The van der Waals surface area contributed by atoms with E-state index >= 15 is 0 Å². The normalized spacial score (nSPS) is 22.6. The first kappa shape index (κ1) is 14.7. The number of aliphatic carboxylic acids is 1. The molecular weight excluding hydrogens is 286 g/mol. The number of aromatic nitrogens is 2. The number of carbonyl (C=O) groups is 1. The summed E-state index contributed by atoms with van der Waals surface area (Å²) in [5, 5.41) is 22.8. The largest absolute Gasteiger partial charge is 0.481 e. The van der Waals surface area contributed by atoms with E-state index in [-0.39, 0.29) is 0 Å². The highest BCUT2D eigenvalue weighted by atomic mass is 16.5. The van der Waals surface area contributed by atoms with Gasteiger partial charge in [0.25, 0.3) is 0 Å². The van der Waals surface area contributed by atoms with Crippen LogP contribution in [0.5, 0.6) is 0 Å². The van der Waals surface area contributed by atoms with Crippen LogP contribution in [0.4, 0.5) is 0 Å². The minimum absolute atomic E-state index is 0.302. The SMILES string of the molecule is O=C(O)[C@@H]1CN(Cc2cc(-c3ccccn3)no2)CC[C@@H]1O. The van der Waals surface area contributed by atoms with Crippen molar-refractivity contribution in [3.63, 3.8) is 0 Å². The maximum Gasteiger partial charge on any atom is 0.310 e. The van der Waals surface area contributed by atoms with Crippen molar-refractivity contribution in [2.45, 2.75) is 19.1 Å². The van der Waals surface area contributed by atoms with Crippen LogP contribution in [0.2, 0.25) is 0 Å². The van der Waals surface area contributed by atoms with Gasteiger partial charge in [0.15, 0.2) is 5.76 Å². The molecule has 1 aliphatic rings. The van der Waals surface area contributed by atoms with Crippen LogP contribution in [0.3, 0.4) is 0 Å². The molecule has 0 saturated carbocycles. The fraction of sp³-hybridized carbons (Fsp3) is 0.400. The lowest BCUT2D eigenvalue weighted by molar-refractivity contribution is -0.149. The highest BCUT2D eigenvalue weighted by molar-refractivity contribution is 5.71. The molecule has 0 aromatic carbocycles. The lowest BCUT2D eigenvalue weighted by atomic mass is 9.95. The van der Waals surface area contributed by atoms with Crippen molar-refractivity contribution in [1.82, 2.24) is 15.0 Å². The first-order valence-electron chi connectivity index (χ1n) is 7.13. The van der Waals surface area contributed by atoms with Gasteiger partial charge in [-0.1, -0.05) is 11.2 Å². The van der Waals surface area contributed by atoms with Gasteiger partial charge in [0.1, 0.15) is 5.69 Å². The van der Waals surface area contributed by atoms with Crippen LogP contribution in [0.25, 0.3) is 11.4 Å². The van der Waals surface area contributed by atoms with Crippen molar-refractivity contribution in [3.05, 3.63) is 36.2 Å². The number of carboxylic acids is 1. The number of aliphatic hydroxyl groups is 1. The van der Waals surface area contributed by atoms with Gasteiger partial charge in [-0.05, 0) is 18.6 Å². The molecular formula is C15H17N3O4. The van der Waals surface area contributed by atoms with Gasteiger partial charge in [0.2, 0.25) is 0 Å². The average Bonchev–Trinajstić information content (AvgIpc) is 2.98. The molecule has 7 nitrogen and oxygen atoms in total. The zero-order valence-corrected chi connectivity index (χ0v) is 11.9. The van der Waals surface area contributed by atoms with Crippen LogP contribution < -0.4 is 0 Å². The Labute approximate surface area is 127 Å². The molecule has 7 heteroatoms. The van der Waals surface area contributed by atoms with E-state index in [1.165, 1.54) is 0 Å². The molecule has 2 N–H and O–H groups in total. The lowest BCUT2D eigenvalue weighted by Gasteiger charge is -2.33. The number of pyridine rings is 1. The predicted molar refractivity (Wildman–Crippen MR) is 76.8 cm³/mol. The van der Waals surface area contributed by atoms with Gasteiger partial charge < -0.3 is 14.7 Å². The molecule has 2 aromatic rings. The molecule has 3 rings (SSSR count). The summed E-state index contributed by atoms with van der Waals surface area (Å²) in [6, 6.07) is 7.36. The summed E-state index contributed by atoms with van der Waals surface area (Å²) in [6.07, 6.45) is 1.35. The Kier molecular flexibility index (Phi) is 4.17. The third-order valence-corrected chi connectivity index (χ3v) is 3.84. The number of carboxylic acid groups (broad SMARTS) is 1. The molecule has 0 unspecified atom stereocenters. The summed E-state index contributed by atoms with van der Waals surface area (Å²) in [6.45, 7) is 1.40. The van der Waals surface area contributed by atoms with E-state index in [1.54, 1.807) is 6.20 Å². The Balaban J connectivity index is 1.67. The van der Waals surface area contributed by atoms with Gasteiger partial charge in [-0.3, -0.25) is 14.7 Å². The fourth-order valence-electron chi connectivity index (χ4n) is 2.64. The summed E-state index contributed by atoms with van der Waals surface area (Å²) in [7, 11) is 0. The number of rotatable bonds is 4. The van der Waals surface area contributed by atoms with Crippen LogP contribution in [0.15, 0.2) is 35.0 Å². The molecule has 0 spiro atoms. The minimum atomic E-state index is -0.969. The summed E-state index contributed by atoms with van der Waals surface area (Å²) in [4.78, 5) is 17.3. The van der Waals surface area contributed by atoms with E-state index in [0.717, 1.165) is 5.69 Å². The highest BCUT2D eigenvalue weighted by Crippen LogP contribution is 2.21. The van der Waals surface area contributed by atoms with Gasteiger partial charge in [-0.2, -0.15) is 0 Å². The Morgan fingerprint density at radius 1 is 1.41 bits per heavy atom. The molecule has 0 bridgehead atoms. The number of hydrogen-bond acceptors (Lipinski definition) is 6. The topological polar surface area (TPSA) is 99.7 Å². The molecule has 2 atom stereocenters. The number of aliphatic hydroxyl groups excluding tert-OH is 1. The Morgan fingerprint density at radius 2 is 2.27 bits per heavy atom. The zero-order valence-electron chi connectivity index (χ0n) is 11.9. The maximum absolute atomic E-state index is 11.1. The fourth-order valence-corrected chi connectivity index (χ4v) is 2.64. The number of piperidine rings is 1. The van der Waals surface area contributed by atoms with Crippen molar-refractivity contribution >= 4 is 5.97 Å². The Morgan fingerprint density at radius 3 is 3.00 bits per heavy atom. The van der Waals surface area contributed by atoms with E-state index < -0.39 is 18.0 Å². The summed E-state index contributed by atoms with van der Waals surface area (Å²) in [5.74, 6) is -1.07. The van der Waals surface area contributed by atoms with Crippen molar-refractivity contribution in [2.75, 3.05) is 13.1 Å². The zero-order chi connectivity index (χ0) is 15.5. The quantitative estimate of drug-likeness (QED) is 0.869. The van der Waals surface area contributed by atoms with Crippen molar-refractivity contribution < 1.29 is 19.5 Å². The average molecular weight is 303 g/mol. The molecule has 116 valence electrons. The van der Waals surface area contributed by atoms with Gasteiger partial charge in [0.05, 0.1) is 24.3 Å². The van der Waals surface area contributed by atoms with Gasteiger partial charge >= 0.3 is 5.97 Å². The molecule has 1 saturated heterocycles. The number of likely N-dealkylation sites (tertiary alicyclic amines) is 1. The standard InChI is InChI=1S/C15H17N3O4/c19-14-4-6-18(9-11(14)15(20)21)8-10-7-13(17-22-10)12-3-1-2-5-16-12/h1-3,5,7,11,14,19H,4,6,8-9H2,(H,20,21)/t11-,14+/m1/s1. The Bertz CT molecular complexity index is 643. The van der Waals surface area contributed by atoms with Gasteiger partial charge in [0, 0.05) is 25.4 Å². The van der Waals surface area contributed by atoms with E-state index in [2.05, 4.69) is 10.1 Å². The van der Waals surface area contributed by atoms with E-state index in [1.807, 2.05) is 29.2 Å². The van der Waals surface area contributed by atoms with E-state index in [9.17, 15) is 9.90 Å². The first-order chi connectivity index (χ1) is 10.6. The second kappa shape index (κ2) is 6.25. The molecule has 22 heavy (non-hydrogen) atoms. The molecule has 3 heterocycles. The third-order valence-electron chi connectivity index (χ3n) is 3.84. The second-order valence-electron chi connectivity index (χ2n) is 5.43. The molecule has 1 fully saturated rings. The monoisotopic (exact) mass is 303 g/mol. The molecule has 0 aliphatic carbocycles. The molecule has 0 radical (unpaired) electrons. The van der Waals surface area contributed by atoms with Crippen molar-refractivity contribution in [2.24, 2.45) is 5.92 Å². The minimum Gasteiger partial charge on any atom is -0.481 e. The van der Waals surface area contributed by atoms with Gasteiger partial charge in [-0.15, -0.1) is 0 Å².